The maximum atomic E-state index is 12.2. The van der Waals surface area contributed by atoms with Crippen molar-refractivity contribution in [2.45, 2.75) is 57.7 Å². The summed E-state index contributed by atoms with van der Waals surface area (Å²) in [5.41, 5.74) is 3.53. The summed E-state index contributed by atoms with van der Waals surface area (Å²) < 4.78 is 40.4. The van der Waals surface area contributed by atoms with E-state index in [1.54, 1.807) is 0 Å². The molecule has 1 aliphatic rings. The molecular formula is C26H27F3O. The van der Waals surface area contributed by atoms with Crippen LogP contribution in [0.4, 0.5) is 13.2 Å². The first-order chi connectivity index (χ1) is 14.4. The minimum absolute atomic E-state index is 0.236. The van der Waals surface area contributed by atoms with Gasteiger partial charge in [0.25, 0.3) is 0 Å². The molecule has 30 heavy (non-hydrogen) atoms. The van der Waals surface area contributed by atoms with Crippen LogP contribution in [0.3, 0.4) is 0 Å². The Morgan fingerprint density at radius 2 is 1.63 bits per heavy atom. The van der Waals surface area contributed by atoms with Gasteiger partial charge in [-0.2, -0.15) is 0 Å². The molecule has 0 spiro atoms. The molecule has 1 nitrogen and oxygen atoms in total. The molecule has 3 rings (SSSR count). The van der Waals surface area contributed by atoms with E-state index in [-0.39, 0.29) is 5.75 Å². The first-order valence-electron chi connectivity index (χ1n) is 10.6. The zero-order valence-corrected chi connectivity index (χ0v) is 17.2. The Kier molecular flexibility index (Phi) is 7.63. The van der Waals surface area contributed by atoms with Crippen LogP contribution >= 0.6 is 0 Å². The fourth-order valence-corrected chi connectivity index (χ4v) is 3.94. The van der Waals surface area contributed by atoms with Crippen molar-refractivity contribution in [1.29, 1.82) is 0 Å². The molecule has 1 saturated carbocycles. The van der Waals surface area contributed by atoms with Crippen molar-refractivity contribution in [3.05, 3.63) is 77.4 Å². The number of hydrogen-bond acceptors (Lipinski definition) is 1. The quantitative estimate of drug-likeness (QED) is 0.464. The standard InChI is InChI=1S/C26H27F3O/c1-2-5-20-8-14-23(15-9-20)24-16-10-21(11-17-24)6-3-4-7-22-12-18-25(19-13-22)30-26(27,28)29/h3,6,8-9,12-15,18-19,21,24H,2,5,10-11,16-17H2,1H3/b6-3+/t21-,24-. The number of rotatable bonds is 5. The lowest BCUT2D eigenvalue weighted by Gasteiger charge is -2.27. The van der Waals surface area contributed by atoms with Crippen LogP contribution in [0, 0.1) is 17.8 Å². The molecule has 1 aliphatic carbocycles. The fourth-order valence-electron chi connectivity index (χ4n) is 3.94. The molecule has 0 atom stereocenters. The van der Waals surface area contributed by atoms with Gasteiger partial charge in [0.05, 0.1) is 0 Å². The lowest BCUT2D eigenvalue weighted by molar-refractivity contribution is -0.274. The molecule has 0 bridgehead atoms. The average Bonchev–Trinajstić information content (AvgIpc) is 2.73. The Bertz CT molecular complexity index is 875. The molecule has 1 fully saturated rings. The van der Waals surface area contributed by atoms with Gasteiger partial charge in [-0.3, -0.25) is 0 Å². The van der Waals surface area contributed by atoms with E-state index < -0.39 is 6.36 Å². The number of alkyl halides is 3. The largest absolute Gasteiger partial charge is 0.573 e. The van der Waals surface area contributed by atoms with Crippen molar-refractivity contribution < 1.29 is 17.9 Å². The van der Waals surface area contributed by atoms with Crippen LogP contribution in [-0.2, 0) is 6.42 Å². The van der Waals surface area contributed by atoms with Gasteiger partial charge in [0.2, 0.25) is 0 Å². The van der Waals surface area contributed by atoms with Crippen molar-refractivity contribution in [2.24, 2.45) is 5.92 Å². The Balaban J connectivity index is 1.46. The Labute approximate surface area is 177 Å². The zero-order valence-electron chi connectivity index (χ0n) is 17.2. The monoisotopic (exact) mass is 412 g/mol. The van der Waals surface area contributed by atoms with Crippen molar-refractivity contribution in [2.75, 3.05) is 0 Å². The highest BCUT2D eigenvalue weighted by molar-refractivity contribution is 5.40. The molecule has 0 aliphatic heterocycles. The molecule has 2 aromatic carbocycles. The van der Waals surface area contributed by atoms with Crippen LogP contribution in [0.25, 0.3) is 0 Å². The summed E-state index contributed by atoms with van der Waals surface area (Å²) in [5.74, 6) is 6.89. The van der Waals surface area contributed by atoms with Crippen molar-refractivity contribution >= 4 is 0 Å². The second kappa shape index (κ2) is 10.4. The smallest absolute Gasteiger partial charge is 0.406 e. The van der Waals surface area contributed by atoms with E-state index >= 15 is 0 Å². The fraction of sp³-hybridized carbons (Fsp3) is 0.385. The number of halogens is 3. The van der Waals surface area contributed by atoms with Gasteiger partial charge >= 0.3 is 6.36 Å². The first kappa shape index (κ1) is 22.0. The van der Waals surface area contributed by atoms with E-state index in [1.807, 2.05) is 6.08 Å². The van der Waals surface area contributed by atoms with Gasteiger partial charge in [-0.05, 0) is 85.4 Å². The van der Waals surface area contributed by atoms with Crippen molar-refractivity contribution in [3.63, 3.8) is 0 Å². The summed E-state index contributed by atoms with van der Waals surface area (Å²) in [6.07, 6.45) is 6.37. The average molecular weight is 412 g/mol. The van der Waals surface area contributed by atoms with Crippen LogP contribution in [0.1, 0.15) is 61.6 Å². The van der Waals surface area contributed by atoms with E-state index in [4.69, 9.17) is 0 Å². The van der Waals surface area contributed by atoms with Gasteiger partial charge in [-0.1, -0.05) is 55.5 Å². The number of allylic oxidation sites excluding steroid dienone is 2. The van der Waals surface area contributed by atoms with Gasteiger partial charge in [0, 0.05) is 5.56 Å². The Morgan fingerprint density at radius 1 is 0.967 bits per heavy atom. The predicted molar refractivity (Wildman–Crippen MR) is 114 cm³/mol. The molecule has 0 radical (unpaired) electrons. The molecule has 4 heteroatoms. The van der Waals surface area contributed by atoms with Gasteiger partial charge in [-0.15, -0.1) is 13.2 Å². The molecule has 0 amide bonds. The van der Waals surface area contributed by atoms with Crippen LogP contribution in [-0.4, -0.2) is 6.36 Å². The van der Waals surface area contributed by atoms with E-state index in [0.29, 0.717) is 17.4 Å². The second-order valence-electron chi connectivity index (χ2n) is 7.80. The number of hydrogen-bond donors (Lipinski definition) is 0. The summed E-state index contributed by atoms with van der Waals surface area (Å²) in [6.45, 7) is 2.20. The first-order valence-corrected chi connectivity index (χ1v) is 10.6. The van der Waals surface area contributed by atoms with Crippen molar-refractivity contribution in [1.82, 2.24) is 0 Å². The summed E-state index contributed by atoms with van der Waals surface area (Å²) in [6, 6.07) is 14.7. The maximum absolute atomic E-state index is 12.2. The van der Waals surface area contributed by atoms with Gasteiger partial charge < -0.3 is 4.74 Å². The zero-order chi connectivity index (χ0) is 21.4. The highest BCUT2D eigenvalue weighted by Crippen LogP contribution is 2.36. The van der Waals surface area contributed by atoms with E-state index in [1.165, 1.54) is 54.7 Å². The van der Waals surface area contributed by atoms with Gasteiger partial charge in [0.1, 0.15) is 5.75 Å². The van der Waals surface area contributed by atoms with Crippen molar-refractivity contribution in [3.8, 4) is 17.6 Å². The van der Waals surface area contributed by atoms with E-state index in [2.05, 4.69) is 53.8 Å². The normalized spacial score (nSPS) is 19.3. The summed E-state index contributed by atoms with van der Waals surface area (Å²) in [5, 5.41) is 0. The SMILES string of the molecule is CCCc1ccc([C@H]2CC[C@H](/C=C/C#Cc3ccc(OC(F)(F)F)cc3)CC2)cc1. The second-order valence-corrected chi connectivity index (χ2v) is 7.80. The third kappa shape index (κ3) is 6.99. The van der Waals surface area contributed by atoms with Gasteiger partial charge in [0.15, 0.2) is 0 Å². The summed E-state index contributed by atoms with van der Waals surface area (Å²) >= 11 is 0. The van der Waals surface area contributed by atoms with Crippen LogP contribution < -0.4 is 4.74 Å². The maximum Gasteiger partial charge on any atom is 0.573 e. The minimum atomic E-state index is -4.67. The summed E-state index contributed by atoms with van der Waals surface area (Å²) in [4.78, 5) is 0. The highest BCUT2D eigenvalue weighted by Gasteiger charge is 2.30. The summed E-state index contributed by atoms with van der Waals surface area (Å²) in [7, 11) is 0. The highest BCUT2D eigenvalue weighted by atomic mass is 19.4. The van der Waals surface area contributed by atoms with Crippen LogP contribution in [0.15, 0.2) is 60.7 Å². The lowest BCUT2D eigenvalue weighted by atomic mass is 9.78. The van der Waals surface area contributed by atoms with Gasteiger partial charge in [-0.25, -0.2) is 0 Å². The Hall–Kier alpha value is -2.67. The number of aryl methyl sites for hydroxylation is 1. The molecule has 0 aromatic heterocycles. The molecule has 2 aromatic rings. The number of ether oxygens (including phenoxy) is 1. The van der Waals surface area contributed by atoms with E-state index in [0.717, 1.165) is 19.3 Å². The van der Waals surface area contributed by atoms with Crippen LogP contribution in [0.5, 0.6) is 5.75 Å². The van der Waals surface area contributed by atoms with E-state index in [9.17, 15) is 13.2 Å². The third-order valence-electron chi connectivity index (χ3n) is 5.52. The third-order valence-corrected chi connectivity index (χ3v) is 5.52. The topological polar surface area (TPSA) is 9.23 Å². The number of benzene rings is 2. The molecule has 0 N–H and O–H groups in total. The lowest BCUT2D eigenvalue weighted by Crippen LogP contribution is -2.16. The molecule has 0 unspecified atom stereocenters. The predicted octanol–water partition coefficient (Wildman–Crippen LogP) is 7.42. The molecule has 0 heterocycles. The molecular weight excluding hydrogens is 385 g/mol. The minimum Gasteiger partial charge on any atom is -0.406 e. The Morgan fingerprint density at radius 3 is 2.23 bits per heavy atom. The molecule has 158 valence electrons. The molecule has 0 saturated heterocycles. The van der Waals surface area contributed by atoms with Crippen LogP contribution in [0.2, 0.25) is 0 Å².